The summed E-state index contributed by atoms with van der Waals surface area (Å²) in [6.45, 7) is 5.86. The number of aromatic nitrogens is 3. The molecule has 1 N–H and O–H groups in total. The van der Waals surface area contributed by atoms with Gasteiger partial charge in [0.2, 0.25) is 0 Å². The van der Waals surface area contributed by atoms with Gasteiger partial charge in [0, 0.05) is 13.1 Å². The molecule has 0 radical (unpaired) electrons. The molecule has 2 atom stereocenters. The van der Waals surface area contributed by atoms with Crippen LogP contribution in [0.25, 0.3) is 5.69 Å². The van der Waals surface area contributed by atoms with Crippen LogP contribution in [0.3, 0.4) is 0 Å². The molecule has 24 heavy (non-hydrogen) atoms. The van der Waals surface area contributed by atoms with Crippen LogP contribution >= 0.6 is 0 Å². The standard InChI is InChI=1S/C18H23N5O/c1-13-3-2-4-16(9-13)23-12-17(20-21-23)18(24)22-7-5-14-10-19-11-15(14)6-8-22/h2-4,9,12,14-15,19H,5-8,10-11H2,1H3/t14-,15+. The highest BCUT2D eigenvalue weighted by atomic mass is 16.2. The lowest BCUT2D eigenvalue weighted by Gasteiger charge is -2.19. The van der Waals surface area contributed by atoms with Gasteiger partial charge in [-0.25, -0.2) is 4.68 Å². The largest absolute Gasteiger partial charge is 0.337 e. The van der Waals surface area contributed by atoms with Crippen molar-refractivity contribution < 1.29 is 4.79 Å². The highest BCUT2D eigenvalue weighted by Crippen LogP contribution is 2.27. The predicted molar refractivity (Wildman–Crippen MR) is 91.1 cm³/mol. The van der Waals surface area contributed by atoms with Crippen molar-refractivity contribution in [1.29, 1.82) is 0 Å². The van der Waals surface area contributed by atoms with E-state index in [1.165, 1.54) is 0 Å². The monoisotopic (exact) mass is 325 g/mol. The van der Waals surface area contributed by atoms with E-state index in [0.717, 1.165) is 50.3 Å². The summed E-state index contributed by atoms with van der Waals surface area (Å²) in [4.78, 5) is 14.7. The van der Waals surface area contributed by atoms with E-state index in [1.807, 2.05) is 36.1 Å². The van der Waals surface area contributed by atoms with Gasteiger partial charge in [0.25, 0.3) is 5.91 Å². The molecule has 0 aliphatic carbocycles. The molecule has 3 heterocycles. The summed E-state index contributed by atoms with van der Waals surface area (Å²) in [5, 5.41) is 11.7. The molecule has 2 fully saturated rings. The molecule has 2 aliphatic heterocycles. The van der Waals surface area contributed by atoms with Gasteiger partial charge in [-0.2, -0.15) is 0 Å². The SMILES string of the molecule is Cc1cccc(-n2cc(C(=O)N3CC[C@@H]4CNC[C@@H]4CC3)nn2)c1. The Morgan fingerprint density at radius 3 is 2.67 bits per heavy atom. The zero-order valence-electron chi connectivity index (χ0n) is 14.0. The first-order valence-electron chi connectivity index (χ1n) is 8.70. The van der Waals surface area contributed by atoms with Crippen molar-refractivity contribution in [3.8, 4) is 5.69 Å². The Kier molecular flexibility index (Phi) is 4.06. The molecule has 126 valence electrons. The smallest absolute Gasteiger partial charge is 0.276 e. The number of carbonyl (C=O) groups is 1. The summed E-state index contributed by atoms with van der Waals surface area (Å²) < 4.78 is 1.68. The van der Waals surface area contributed by atoms with Crippen LogP contribution < -0.4 is 5.32 Å². The Balaban J connectivity index is 1.49. The van der Waals surface area contributed by atoms with Gasteiger partial charge in [0.1, 0.15) is 0 Å². The van der Waals surface area contributed by atoms with Gasteiger partial charge in [0.15, 0.2) is 5.69 Å². The van der Waals surface area contributed by atoms with E-state index in [1.54, 1.807) is 10.9 Å². The van der Waals surface area contributed by atoms with E-state index in [9.17, 15) is 4.79 Å². The van der Waals surface area contributed by atoms with Crippen LogP contribution in [0, 0.1) is 18.8 Å². The lowest BCUT2D eigenvalue weighted by Crippen LogP contribution is -2.33. The summed E-state index contributed by atoms with van der Waals surface area (Å²) in [7, 11) is 0. The number of fused-ring (bicyclic) bond motifs is 1. The Hall–Kier alpha value is -2.21. The highest BCUT2D eigenvalue weighted by molar-refractivity contribution is 5.92. The van der Waals surface area contributed by atoms with Crippen LogP contribution in [0.15, 0.2) is 30.5 Å². The number of aryl methyl sites for hydroxylation is 1. The van der Waals surface area contributed by atoms with Gasteiger partial charge in [-0.3, -0.25) is 4.79 Å². The van der Waals surface area contributed by atoms with Crippen LogP contribution in [-0.4, -0.2) is 52.0 Å². The van der Waals surface area contributed by atoms with Crippen molar-refractivity contribution in [1.82, 2.24) is 25.2 Å². The minimum Gasteiger partial charge on any atom is -0.337 e. The molecular weight excluding hydrogens is 302 g/mol. The first-order valence-corrected chi connectivity index (χ1v) is 8.70. The second kappa shape index (κ2) is 6.36. The molecule has 4 rings (SSSR count). The second-order valence-corrected chi connectivity index (χ2v) is 6.94. The van der Waals surface area contributed by atoms with Gasteiger partial charge < -0.3 is 10.2 Å². The van der Waals surface area contributed by atoms with Crippen molar-refractivity contribution in [2.45, 2.75) is 19.8 Å². The Labute approximate surface area is 141 Å². The molecule has 0 unspecified atom stereocenters. The maximum absolute atomic E-state index is 12.8. The van der Waals surface area contributed by atoms with Crippen LogP contribution in [0.4, 0.5) is 0 Å². The molecule has 6 heteroatoms. The normalized spacial score (nSPS) is 23.8. The summed E-state index contributed by atoms with van der Waals surface area (Å²) >= 11 is 0. The van der Waals surface area contributed by atoms with Crippen molar-refractivity contribution in [2.24, 2.45) is 11.8 Å². The lowest BCUT2D eigenvalue weighted by atomic mass is 9.92. The summed E-state index contributed by atoms with van der Waals surface area (Å²) in [6, 6.07) is 8.02. The van der Waals surface area contributed by atoms with Gasteiger partial charge in [0.05, 0.1) is 11.9 Å². The number of likely N-dealkylation sites (tertiary alicyclic amines) is 1. The maximum atomic E-state index is 12.8. The van der Waals surface area contributed by atoms with Crippen LogP contribution in [0.5, 0.6) is 0 Å². The van der Waals surface area contributed by atoms with Crippen LogP contribution in [-0.2, 0) is 0 Å². The zero-order chi connectivity index (χ0) is 16.5. The van der Waals surface area contributed by atoms with E-state index in [-0.39, 0.29) is 5.91 Å². The number of nitrogens with one attached hydrogen (secondary N) is 1. The summed E-state index contributed by atoms with van der Waals surface area (Å²) in [6.07, 6.45) is 3.90. The number of hydrogen-bond acceptors (Lipinski definition) is 4. The molecule has 2 aromatic rings. The summed E-state index contributed by atoms with van der Waals surface area (Å²) in [5.74, 6) is 1.43. The molecule has 0 bridgehead atoms. The fraction of sp³-hybridized carbons (Fsp3) is 0.500. The van der Waals surface area contributed by atoms with E-state index < -0.39 is 0 Å². The van der Waals surface area contributed by atoms with Crippen LogP contribution in [0.2, 0.25) is 0 Å². The molecule has 2 saturated heterocycles. The average Bonchev–Trinajstić information content (AvgIpc) is 3.20. The molecule has 1 aromatic carbocycles. The van der Waals surface area contributed by atoms with Crippen LogP contribution in [0.1, 0.15) is 28.9 Å². The molecule has 0 saturated carbocycles. The number of rotatable bonds is 2. The van der Waals surface area contributed by atoms with E-state index in [2.05, 4.69) is 15.6 Å². The maximum Gasteiger partial charge on any atom is 0.276 e. The molecule has 2 aliphatic rings. The van der Waals surface area contributed by atoms with E-state index in [0.29, 0.717) is 17.5 Å². The number of benzene rings is 1. The third kappa shape index (κ3) is 2.94. The average molecular weight is 325 g/mol. The topological polar surface area (TPSA) is 63.1 Å². The molecule has 1 aromatic heterocycles. The Bertz CT molecular complexity index is 727. The Morgan fingerprint density at radius 2 is 1.96 bits per heavy atom. The minimum atomic E-state index is 0.00170. The number of carbonyl (C=O) groups excluding carboxylic acids is 1. The summed E-state index contributed by atoms with van der Waals surface area (Å²) in [5.41, 5.74) is 2.52. The Morgan fingerprint density at radius 1 is 1.21 bits per heavy atom. The predicted octanol–water partition coefficient (Wildman–Crippen LogP) is 1.65. The molecular formula is C18H23N5O. The first kappa shape index (κ1) is 15.3. The van der Waals surface area contributed by atoms with Gasteiger partial charge in [-0.15, -0.1) is 5.10 Å². The van der Waals surface area contributed by atoms with E-state index in [4.69, 9.17) is 0 Å². The number of amides is 1. The zero-order valence-corrected chi connectivity index (χ0v) is 14.0. The molecule has 6 nitrogen and oxygen atoms in total. The number of nitrogens with zero attached hydrogens (tertiary/aromatic N) is 4. The van der Waals surface area contributed by atoms with Crippen molar-refractivity contribution >= 4 is 5.91 Å². The minimum absolute atomic E-state index is 0.00170. The van der Waals surface area contributed by atoms with Gasteiger partial charge in [-0.1, -0.05) is 17.3 Å². The number of hydrogen-bond donors (Lipinski definition) is 1. The fourth-order valence-electron chi connectivity index (χ4n) is 3.84. The molecule has 1 amide bonds. The third-order valence-electron chi connectivity index (χ3n) is 5.29. The second-order valence-electron chi connectivity index (χ2n) is 6.94. The van der Waals surface area contributed by atoms with Crippen molar-refractivity contribution in [3.05, 3.63) is 41.7 Å². The fourth-order valence-corrected chi connectivity index (χ4v) is 3.84. The van der Waals surface area contributed by atoms with Gasteiger partial charge >= 0.3 is 0 Å². The van der Waals surface area contributed by atoms with Crippen molar-refractivity contribution in [3.63, 3.8) is 0 Å². The lowest BCUT2D eigenvalue weighted by molar-refractivity contribution is 0.0752. The van der Waals surface area contributed by atoms with E-state index >= 15 is 0 Å². The first-order chi connectivity index (χ1) is 11.7. The van der Waals surface area contributed by atoms with Crippen molar-refractivity contribution in [2.75, 3.05) is 26.2 Å². The highest BCUT2D eigenvalue weighted by Gasteiger charge is 2.32. The quantitative estimate of drug-likeness (QED) is 0.912. The third-order valence-corrected chi connectivity index (χ3v) is 5.29. The molecule has 0 spiro atoms. The van der Waals surface area contributed by atoms with Gasteiger partial charge in [-0.05, 0) is 62.4 Å².